The highest BCUT2D eigenvalue weighted by Gasteiger charge is 2.58. The van der Waals surface area contributed by atoms with Crippen molar-refractivity contribution in [3.05, 3.63) is 35.4 Å². The third-order valence-corrected chi connectivity index (χ3v) is 7.23. The van der Waals surface area contributed by atoms with Crippen molar-refractivity contribution in [1.29, 1.82) is 0 Å². The maximum Gasteiger partial charge on any atom is 0.220 e. The second-order valence-corrected chi connectivity index (χ2v) is 9.48. The number of aryl methyl sites for hydroxylation is 1. The number of benzene rings is 1. The van der Waals surface area contributed by atoms with Crippen molar-refractivity contribution in [2.45, 2.75) is 63.7 Å². The third kappa shape index (κ3) is 3.43. The summed E-state index contributed by atoms with van der Waals surface area (Å²) in [7, 11) is 1.71. The molecule has 1 aromatic rings. The van der Waals surface area contributed by atoms with E-state index >= 15 is 0 Å². The average Bonchev–Trinajstić information content (AvgIpc) is 2.57. The molecule has 0 saturated heterocycles. The van der Waals surface area contributed by atoms with Crippen LogP contribution in [-0.2, 0) is 14.9 Å². The minimum Gasteiger partial charge on any atom is -0.385 e. The van der Waals surface area contributed by atoms with E-state index in [1.165, 1.54) is 49.7 Å². The first-order chi connectivity index (χ1) is 12.5. The molecule has 4 fully saturated rings. The summed E-state index contributed by atoms with van der Waals surface area (Å²) < 4.78 is 5.08. The van der Waals surface area contributed by atoms with Gasteiger partial charge in [0, 0.05) is 26.7 Å². The monoisotopic (exact) mass is 355 g/mol. The fourth-order valence-corrected chi connectivity index (χ4v) is 6.75. The van der Waals surface area contributed by atoms with Gasteiger partial charge in [-0.25, -0.2) is 0 Å². The summed E-state index contributed by atoms with van der Waals surface area (Å²) in [5, 5.41) is 3.13. The van der Waals surface area contributed by atoms with Crippen molar-refractivity contribution in [2.24, 2.45) is 17.3 Å². The van der Waals surface area contributed by atoms with E-state index in [4.69, 9.17) is 4.74 Å². The Labute approximate surface area is 157 Å². The highest BCUT2D eigenvalue weighted by atomic mass is 16.5. The molecule has 4 aliphatic rings. The summed E-state index contributed by atoms with van der Waals surface area (Å²) in [6.07, 6.45) is 9.43. The molecule has 1 amide bonds. The van der Waals surface area contributed by atoms with Crippen LogP contribution in [0.2, 0.25) is 0 Å². The summed E-state index contributed by atoms with van der Waals surface area (Å²) in [5.74, 6) is 1.89. The number of ether oxygens (including phenoxy) is 1. The Balaban J connectivity index is 1.49. The molecule has 2 unspecified atom stereocenters. The van der Waals surface area contributed by atoms with Crippen LogP contribution in [-0.4, -0.2) is 26.2 Å². The first kappa shape index (κ1) is 18.0. The zero-order valence-corrected chi connectivity index (χ0v) is 16.4. The molecule has 5 rings (SSSR count). The highest BCUT2D eigenvalue weighted by Crippen LogP contribution is 2.66. The zero-order chi connectivity index (χ0) is 18.2. The van der Waals surface area contributed by atoms with Crippen LogP contribution in [0.4, 0.5) is 0 Å². The van der Waals surface area contributed by atoms with Crippen LogP contribution < -0.4 is 5.32 Å². The van der Waals surface area contributed by atoms with Crippen molar-refractivity contribution >= 4 is 5.91 Å². The summed E-state index contributed by atoms with van der Waals surface area (Å²) in [4.78, 5) is 12.6. The average molecular weight is 356 g/mol. The summed E-state index contributed by atoms with van der Waals surface area (Å²) in [6.45, 7) is 3.61. The van der Waals surface area contributed by atoms with E-state index < -0.39 is 0 Å². The highest BCUT2D eigenvalue weighted by molar-refractivity contribution is 5.76. The number of carbonyl (C=O) groups excluding carboxylic acids is 1. The molecule has 0 aromatic heterocycles. The van der Waals surface area contributed by atoms with Crippen LogP contribution >= 0.6 is 0 Å². The van der Waals surface area contributed by atoms with Gasteiger partial charge in [-0.15, -0.1) is 0 Å². The molecule has 4 bridgehead atoms. The van der Waals surface area contributed by atoms with Crippen molar-refractivity contribution in [3.8, 4) is 0 Å². The summed E-state index contributed by atoms with van der Waals surface area (Å²) >= 11 is 0. The van der Waals surface area contributed by atoms with Crippen LogP contribution in [0.1, 0.15) is 62.5 Å². The number of nitrogens with one attached hydrogen (secondary N) is 1. The minimum absolute atomic E-state index is 0.236. The van der Waals surface area contributed by atoms with Gasteiger partial charge < -0.3 is 10.1 Å². The number of hydrogen-bond donors (Lipinski definition) is 1. The van der Waals surface area contributed by atoms with E-state index in [1.54, 1.807) is 7.11 Å². The maximum absolute atomic E-state index is 12.6. The normalized spacial score (nSPS) is 34.8. The number of carbonyl (C=O) groups is 1. The Kier molecular flexibility index (Phi) is 4.85. The predicted molar refractivity (Wildman–Crippen MR) is 104 cm³/mol. The van der Waals surface area contributed by atoms with Crippen LogP contribution in [0.3, 0.4) is 0 Å². The lowest BCUT2D eigenvalue weighted by Gasteiger charge is -2.62. The molecule has 4 saturated carbocycles. The smallest absolute Gasteiger partial charge is 0.220 e. The van der Waals surface area contributed by atoms with Crippen LogP contribution in [0.15, 0.2) is 24.3 Å². The Morgan fingerprint density at radius 1 is 1.15 bits per heavy atom. The van der Waals surface area contributed by atoms with Crippen LogP contribution in [0.25, 0.3) is 0 Å². The molecule has 0 radical (unpaired) electrons. The van der Waals surface area contributed by atoms with E-state index in [2.05, 4.69) is 36.5 Å². The quantitative estimate of drug-likeness (QED) is 0.737. The molecular formula is C23H33NO2. The van der Waals surface area contributed by atoms with Gasteiger partial charge >= 0.3 is 0 Å². The largest absolute Gasteiger partial charge is 0.385 e. The lowest BCUT2D eigenvalue weighted by Crippen LogP contribution is -2.55. The second kappa shape index (κ2) is 6.99. The SMILES string of the molecule is COCCCNC(=O)CC12C[C@H]3C[C@@H](C1)CC(c1ccc(C)cc1)(C3)C2. The molecule has 0 aliphatic heterocycles. The molecule has 1 aromatic carbocycles. The fraction of sp³-hybridized carbons (Fsp3) is 0.696. The Morgan fingerprint density at radius 2 is 1.85 bits per heavy atom. The van der Waals surface area contributed by atoms with E-state index in [-0.39, 0.29) is 11.3 Å². The van der Waals surface area contributed by atoms with Crippen molar-refractivity contribution in [1.82, 2.24) is 5.32 Å². The Bertz CT molecular complexity index is 637. The van der Waals surface area contributed by atoms with E-state index in [0.717, 1.165) is 31.2 Å². The molecule has 26 heavy (non-hydrogen) atoms. The molecule has 4 atom stereocenters. The first-order valence-corrected chi connectivity index (χ1v) is 10.4. The number of rotatable bonds is 7. The standard InChI is InChI=1S/C23H33NO2/c1-17-4-6-20(7-5-17)23-13-18-10-19(14-23)12-22(11-18,16-23)15-21(25)24-8-3-9-26-2/h4-7,18-19H,3,8-16H2,1-2H3,(H,24,25)/t18-,19+,22?,23?. The van der Waals surface area contributed by atoms with Crippen molar-refractivity contribution < 1.29 is 9.53 Å². The van der Waals surface area contributed by atoms with Gasteiger partial charge in [-0.2, -0.15) is 0 Å². The van der Waals surface area contributed by atoms with Gasteiger partial charge in [0.25, 0.3) is 0 Å². The van der Waals surface area contributed by atoms with Crippen LogP contribution in [0, 0.1) is 24.2 Å². The van der Waals surface area contributed by atoms with Gasteiger partial charge in [0.1, 0.15) is 0 Å². The van der Waals surface area contributed by atoms with Crippen molar-refractivity contribution in [3.63, 3.8) is 0 Å². The van der Waals surface area contributed by atoms with Gasteiger partial charge in [0.05, 0.1) is 0 Å². The first-order valence-electron chi connectivity index (χ1n) is 10.4. The topological polar surface area (TPSA) is 38.3 Å². The Morgan fingerprint density at radius 3 is 2.50 bits per heavy atom. The molecule has 0 spiro atoms. The zero-order valence-electron chi connectivity index (χ0n) is 16.4. The maximum atomic E-state index is 12.6. The lowest BCUT2D eigenvalue weighted by molar-refractivity contribution is -0.131. The molecular weight excluding hydrogens is 322 g/mol. The molecule has 4 aliphatic carbocycles. The van der Waals surface area contributed by atoms with Gasteiger partial charge in [-0.3, -0.25) is 4.79 Å². The van der Waals surface area contributed by atoms with Crippen molar-refractivity contribution in [2.75, 3.05) is 20.3 Å². The molecule has 1 N–H and O–H groups in total. The Hall–Kier alpha value is -1.35. The molecule has 142 valence electrons. The molecule has 3 heteroatoms. The molecule has 0 heterocycles. The third-order valence-electron chi connectivity index (χ3n) is 7.23. The van der Waals surface area contributed by atoms with E-state index in [9.17, 15) is 4.79 Å². The summed E-state index contributed by atoms with van der Waals surface area (Å²) in [6, 6.07) is 9.26. The molecule has 3 nitrogen and oxygen atoms in total. The number of amides is 1. The van der Waals surface area contributed by atoms with E-state index in [0.29, 0.717) is 12.0 Å². The van der Waals surface area contributed by atoms with Gasteiger partial charge in [0.2, 0.25) is 5.91 Å². The lowest BCUT2D eigenvalue weighted by atomic mass is 9.42. The van der Waals surface area contributed by atoms with Gasteiger partial charge in [-0.05, 0) is 80.1 Å². The predicted octanol–water partition coefficient (Wildman–Crippen LogP) is 4.38. The number of hydrogen-bond acceptors (Lipinski definition) is 2. The second-order valence-electron chi connectivity index (χ2n) is 9.48. The van der Waals surface area contributed by atoms with E-state index in [1.807, 2.05) is 0 Å². The fourth-order valence-electron chi connectivity index (χ4n) is 6.75. The van der Waals surface area contributed by atoms with Gasteiger partial charge in [0.15, 0.2) is 0 Å². The van der Waals surface area contributed by atoms with Crippen LogP contribution in [0.5, 0.6) is 0 Å². The summed E-state index contributed by atoms with van der Waals surface area (Å²) in [5.41, 5.74) is 3.43. The van der Waals surface area contributed by atoms with Gasteiger partial charge in [-0.1, -0.05) is 29.8 Å². The number of methoxy groups -OCH3 is 1. The minimum atomic E-state index is 0.236.